The zero-order valence-electron chi connectivity index (χ0n) is 26.9. The molecule has 8 rings (SSSR count). The Balaban J connectivity index is 1.61. The van der Waals surface area contributed by atoms with Crippen molar-refractivity contribution in [3.8, 4) is 0 Å². The van der Waals surface area contributed by atoms with Gasteiger partial charge in [0.25, 0.3) is 0 Å². The Labute approximate surface area is 293 Å². The summed E-state index contributed by atoms with van der Waals surface area (Å²) in [7, 11) is 0. The molecule has 0 N–H and O–H groups in total. The van der Waals surface area contributed by atoms with Gasteiger partial charge in [-0.1, -0.05) is 121 Å². The number of aliphatic imine (C=N–C) groups is 4. The molecule has 2 aliphatic heterocycles. The highest BCUT2D eigenvalue weighted by Gasteiger charge is 2.64. The van der Waals surface area contributed by atoms with Crippen LogP contribution >= 0.6 is 0 Å². The zero-order valence-corrected chi connectivity index (χ0v) is 26.9. The van der Waals surface area contributed by atoms with Gasteiger partial charge in [-0.2, -0.15) is 0 Å². The molecular formula is C42H24F6N4. The molecule has 52 heavy (non-hydrogen) atoms. The maximum atomic E-state index is 16.5. The lowest BCUT2D eigenvalue weighted by Crippen LogP contribution is -2.45. The molecule has 0 saturated carbocycles. The van der Waals surface area contributed by atoms with E-state index in [1.165, 1.54) is 0 Å². The highest BCUT2D eigenvalue weighted by atomic mass is 19.2. The first-order valence-corrected chi connectivity index (χ1v) is 16.1. The third-order valence-corrected chi connectivity index (χ3v) is 8.93. The maximum Gasteiger partial charge on any atom is 0.232 e. The topological polar surface area (TPSA) is 49.4 Å². The third kappa shape index (κ3) is 5.26. The van der Waals surface area contributed by atoms with E-state index >= 15 is 17.6 Å². The summed E-state index contributed by atoms with van der Waals surface area (Å²) in [4.78, 5) is 19.7. The highest BCUT2D eigenvalue weighted by molar-refractivity contribution is 6.55. The molecule has 10 heteroatoms. The van der Waals surface area contributed by atoms with Crippen molar-refractivity contribution in [3.05, 3.63) is 214 Å². The second-order valence-corrected chi connectivity index (χ2v) is 12.1. The number of hydrogen-bond acceptors (Lipinski definition) is 4. The molecule has 0 aliphatic carbocycles. The standard InChI is InChI=1S/C42H24F6N4/c43-29-21-31(45)35(32(46)22-29)41(49-37(25-13-5-1-6-14-25)38(50-41)26-15-7-2-8-16-26)42(36-33(47)23-30(44)24-34(36)48)51-39(27-17-9-3-10-18-27)40(52-42)28-19-11-4-12-20-28/h1-24H. The summed E-state index contributed by atoms with van der Waals surface area (Å²) in [5, 5.41) is 0. The largest absolute Gasteiger partial charge is 0.243 e. The van der Waals surface area contributed by atoms with Crippen LogP contribution in [0, 0.1) is 34.9 Å². The lowest BCUT2D eigenvalue weighted by atomic mass is 9.80. The van der Waals surface area contributed by atoms with Crippen LogP contribution in [0.15, 0.2) is 166 Å². The first-order valence-electron chi connectivity index (χ1n) is 16.1. The van der Waals surface area contributed by atoms with Gasteiger partial charge in [0.05, 0.1) is 34.0 Å². The zero-order chi connectivity index (χ0) is 36.0. The quantitative estimate of drug-likeness (QED) is 0.149. The molecule has 0 bridgehead atoms. The fourth-order valence-electron chi connectivity index (χ4n) is 6.73. The van der Waals surface area contributed by atoms with Crippen LogP contribution in [0.2, 0.25) is 0 Å². The number of benzene rings is 6. The van der Waals surface area contributed by atoms with Crippen LogP contribution in [0.1, 0.15) is 33.4 Å². The maximum absolute atomic E-state index is 16.5. The smallest absolute Gasteiger partial charge is 0.232 e. The monoisotopic (exact) mass is 698 g/mol. The van der Waals surface area contributed by atoms with Crippen molar-refractivity contribution < 1.29 is 26.3 Å². The van der Waals surface area contributed by atoms with Crippen molar-refractivity contribution in [3.63, 3.8) is 0 Å². The van der Waals surface area contributed by atoms with Crippen LogP contribution in [0.4, 0.5) is 26.3 Å². The molecule has 0 saturated heterocycles. The summed E-state index contributed by atoms with van der Waals surface area (Å²) in [6.45, 7) is 0. The summed E-state index contributed by atoms with van der Waals surface area (Å²) in [6, 6.07) is 35.9. The van der Waals surface area contributed by atoms with Gasteiger partial charge in [0.15, 0.2) is 0 Å². The Morgan fingerprint density at radius 3 is 0.731 bits per heavy atom. The van der Waals surface area contributed by atoms with Crippen LogP contribution in [0.3, 0.4) is 0 Å². The minimum Gasteiger partial charge on any atom is -0.243 e. The van der Waals surface area contributed by atoms with E-state index in [-0.39, 0.29) is 22.8 Å². The van der Waals surface area contributed by atoms with Crippen LogP contribution in [-0.2, 0) is 11.3 Å². The number of hydrogen-bond donors (Lipinski definition) is 0. The first kappa shape index (κ1) is 32.8. The van der Waals surface area contributed by atoms with Gasteiger partial charge in [0.1, 0.15) is 34.9 Å². The Morgan fingerprint density at radius 1 is 0.308 bits per heavy atom. The third-order valence-electron chi connectivity index (χ3n) is 8.93. The molecule has 0 aromatic heterocycles. The lowest BCUT2D eigenvalue weighted by molar-refractivity contribution is 0.225. The van der Waals surface area contributed by atoms with E-state index in [0.29, 0.717) is 46.5 Å². The fraction of sp³-hybridized carbons (Fsp3) is 0.0476. The van der Waals surface area contributed by atoms with E-state index in [9.17, 15) is 8.78 Å². The number of rotatable bonds is 7. The summed E-state index contributed by atoms with van der Waals surface area (Å²) in [5.74, 6) is -8.37. The van der Waals surface area contributed by atoms with Gasteiger partial charge >= 0.3 is 0 Å². The van der Waals surface area contributed by atoms with Crippen LogP contribution in [-0.4, -0.2) is 22.8 Å². The second-order valence-electron chi connectivity index (χ2n) is 12.1. The predicted molar refractivity (Wildman–Crippen MR) is 188 cm³/mol. The van der Waals surface area contributed by atoms with Crippen molar-refractivity contribution in [2.24, 2.45) is 20.0 Å². The van der Waals surface area contributed by atoms with E-state index in [1.807, 2.05) is 0 Å². The molecule has 6 aromatic carbocycles. The van der Waals surface area contributed by atoms with Gasteiger partial charge in [0.2, 0.25) is 11.3 Å². The molecule has 0 unspecified atom stereocenters. The molecule has 2 heterocycles. The van der Waals surface area contributed by atoms with E-state index < -0.39 is 57.4 Å². The van der Waals surface area contributed by atoms with Crippen molar-refractivity contribution in [2.75, 3.05) is 0 Å². The molecule has 0 atom stereocenters. The van der Waals surface area contributed by atoms with E-state index in [2.05, 4.69) is 0 Å². The minimum atomic E-state index is -2.83. The van der Waals surface area contributed by atoms with Crippen LogP contribution in [0.25, 0.3) is 0 Å². The minimum absolute atomic E-state index is 0.0806. The van der Waals surface area contributed by atoms with E-state index in [4.69, 9.17) is 20.0 Å². The lowest BCUT2D eigenvalue weighted by Gasteiger charge is -2.38. The molecule has 6 aromatic rings. The summed E-state index contributed by atoms with van der Waals surface area (Å²) < 4.78 is 95.5. The van der Waals surface area contributed by atoms with Gasteiger partial charge < -0.3 is 0 Å². The molecule has 2 aliphatic rings. The van der Waals surface area contributed by atoms with Gasteiger partial charge in [-0.3, -0.25) is 0 Å². The molecule has 254 valence electrons. The van der Waals surface area contributed by atoms with Crippen molar-refractivity contribution in [1.29, 1.82) is 0 Å². The predicted octanol–water partition coefficient (Wildman–Crippen LogP) is 9.51. The van der Waals surface area contributed by atoms with Crippen LogP contribution < -0.4 is 0 Å². The highest BCUT2D eigenvalue weighted by Crippen LogP contribution is 2.56. The van der Waals surface area contributed by atoms with Crippen molar-refractivity contribution >= 4 is 22.8 Å². The summed E-state index contributed by atoms with van der Waals surface area (Å²) in [6.07, 6.45) is 0. The molecule has 0 fully saturated rings. The molecule has 4 nitrogen and oxygen atoms in total. The van der Waals surface area contributed by atoms with Crippen molar-refractivity contribution in [2.45, 2.75) is 11.3 Å². The van der Waals surface area contributed by atoms with Crippen molar-refractivity contribution in [1.82, 2.24) is 0 Å². The van der Waals surface area contributed by atoms with E-state index in [1.54, 1.807) is 121 Å². The van der Waals surface area contributed by atoms with Gasteiger partial charge in [-0.15, -0.1) is 0 Å². The summed E-state index contributed by atoms with van der Waals surface area (Å²) in [5.41, 5.74) is -5.57. The second kappa shape index (κ2) is 12.7. The Kier molecular flexibility index (Phi) is 8.02. The van der Waals surface area contributed by atoms with Gasteiger partial charge in [-0.25, -0.2) is 46.3 Å². The average molecular weight is 699 g/mol. The average Bonchev–Trinajstić information content (AvgIpc) is 3.75. The van der Waals surface area contributed by atoms with Gasteiger partial charge in [-0.05, 0) is 0 Å². The molecule has 0 spiro atoms. The molecule has 0 radical (unpaired) electrons. The Hall–Kier alpha value is -6.42. The number of halogens is 6. The summed E-state index contributed by atoms with van der Waals surface area (Å²) >= 11 is 0. The number of nitrogens with zero attached hydrogens (tertiary/aromatic N) is 4. The Bertz CT molecular complexity index is 2130. The normalized spacial score (nSPS) is 15.9. The molecular weight excluding hydrogens is 674 g/mol. The first-order chi connectivity index (χ1) is 25.2. The van der Waals surface area contributed by atoms with Gasteiger partial charge in [0, 0.05) is 46.5 Å². The van der Waals surface area contributed by atoms with E-state index in [0.717, 1.165) is 0 Å². The Morgan fingerprint density at radius 2 is 0.519 bits per heavy atom. The molecule has 0 amide bonds. The van der Waals surface area contributed by atoms with Crippen LogP contribution in [0.5, 0.6) is 0 Å². The SMILES string of the molecule is Fc1cc(F)c(C2(C3(c4c(F)cc(F)cc4F)N=C(c4ccccc4)C(c4ccccc4)=N3)N=C(c3ccccc3)C(c3ccccc3)=N2)c(F)c1. The fourth-order valence-corrected chi connectivity index (χ4v) is 6.73.